The van der Waals surface area contributed by atoms with Crippen molar-refractivity contribution in [2.45, 2.75) is 35.3 Å². The number of rotatable bonds is 6. The molecular weight excluding hydrogens is 666 g/mol. The number of nitriles is 2. The van der Waals surface area contributed by atoms with Crippen molar-refractivity contribution in [2.75, 3.05) is 11.2 Å². The van der Waals surface area contributed by atoms with Crippen LogP contribution in [0.5, 0.6) is 5.75 Å². The number of sulfone groups is 1. The number of carbonyl (C=O) groups excluding carboxylic acids is 1. The third kappa shape index (κ3) is 6.35. The first-order valence-corrected chi connectivity index (χ1v) is 15.8. The molecule has 0 N–H and O–H groups in total. The molecule has 3 aromatic rings. The summed E-state index contributed by atoms with van der Waals surface area (Å²) in [7, 11) is -9.95. The predicted octanol–water partition coefficient (Wildman–Crippen LogP) is 6.05. The summed E-state index contributed by atoms with van der Waals surface area (Å²) >= 11 is 0. The van der Waals surface area contributed by atoms with Gasteiger partial charge < -0.3 is 4.74 Å². The highest BCUT2D eigenvalue weighted by molar-refractivity contribution is 7.91. The Balaban J connectivity index is 2.13. The number of carbonyl (C=O) groups is 1. The number of amides is 2. The summed E-state index contributed by atoms with van der Waals surface area (Å²) in [5, 5.41) is 19.6. The monoisotopic (exact) mass is 684 g/mol. The Morgan fingerprint density at radius 1 is 0.848 bits per heavy atom. The first kappa shape index (κ1) is 33.8. The Morgan fingerprint density at radius 2 is 1.50 bits per heavy atom. The molecular formula is C28H18F6N4O6S2. The molecule has 18 heteroatoms. The number of ether oxygens (including phenoxy) is 1. The SMILES string of the molecule is CC1=C(C#N)C(c2ccc(C#N)cc2S(C)(=O)=O)N(S(=O)(=O)c2ccccc2OC(F)(F)F)C(=O)N1c1cccc(C(F)(F)F)c1. The highest BCUT2D eigenvalue weighted by Crippen LogP contribution is 2.46. The van der Waals surface area contributed by atoms with Crippen LogP contribution in [0.25, 0.3) is 0 Å². The molecule has 0 fully saturated rings. The largest absolute Gasteiger partial charge is 0.573 e. The van der Waals surface area contributed by atoms with Crippen molar-refractivity contribution in [3.63, 3.8) is 0 Å². The molecule has 0 spiro atoms. The maximum Gasteiger partial charge on any atom is 0.573 e. The number of hydrogen-bond acceptors (Lipinski definition) is 8. The van der Waals surface area contributed by atoms with Crippen molar-refractivity contribution >= 4 is 31.6 Å². The lowest BCUT2D eigenvalue weighted by atomic mass is 9.94. The van der Waals surface area contributed by atoms with Gasteiger partial charge in [-0.2, -0.15) is 23.7 Å². The van der Waals surface area contributed by atoms with Gasteiger partial charge in [-0.25, -0.2) is 25.9 Å². The summed E-state index contributed by atoms with van der Waals surface area (Å²) < 4.78 is 139. The van der Waals surface area contributed by atoms with Gasteiger partial charge in [-0.3, -0.25) is 4.90 Å². The van der Waals surface area contributed by atoms with Crippen LogP contribution >= 0.6 is 0 Å². The van der Waals surface area contributed by atoms with Crippen LogP contribution < -0.4 is 9.64 Å². The Bertz CT molecular complexity index is 2080. The number of sulfonamides is 1. The van der Waals surface area contributed by atoms with Gasteiger partial charge in [0.1, 0.15) is 16.7 Å². The molecule has 1 aliphatic rings. The third-order valence-electron chi connectivity index (χ3n) is 6.61. The lowest BCUT2D eigenvalue weighted by Gasteiger charge is -2.41. The number of allylic oxidation sites excluding steroid dienone is 1. The minimum Gasteiger partial charge on any atom is -0.404 e. The van der Waals surface area contributed by atoms with Crippen LogP contribution in [0, 0.1) is 22.7 Å². The van der Waals surface area contributed by atoms with E-state index in [1.807, 2.05) is 0 Å². The molecule has 0 aliphatic carbocycles. The van der Waals surface area contributed by atoms with Crippen LogP contribution in [0.15, 0.2) is 87.8 Å². The molecule has 4 rings (SSSR count). The number of hydrogen-bond donors (Lipinski definition) is 0. The summed E-state index contributed by atoms with van der Waals surface area (Å²) in [6.45, 7) is 1.08. The zero-order valence-electron chi connectivity index (χ0n) is 23.3. The summed E-state index contributed by atoms with van der Waals surface area (Å²) in [5.41, 5.74) is -3.72. The zero-order chi connectivity index (χ0) is 34.4. The van der Waals surface area contributed by atoms with E-state index in [1.165, 1.54) is 0 Å². The molecule has 0 aromatic heterocycles. The lowest BCUT2D eigenvalue weighted by molar-refractivity contribution is -0.275. The van der Waals surface area contributed by atoms with Crippen molar-refractivity contribution in [3.8, 4) is 17.9 Å². The van der Waals surface area contributed by atoms with Crippen molar-refractivity contribution < 1.29 is 52.7 Å². The average Bonchev–Trinajstić information content (AvgIpc) is 2.95. The fourth-order valence-electron chi connectivity index (χ4n) is 4.71. The van der Waals surface area contributed by atoms with E-state index in [9.17, 15) is 58.5 Å². The third-order valence-corrected chi connectivity index (χ3v) is 9.54. The smallest absolute Gasteiger partial charge is 0.404 e. The molecule has 1 aliphatic heterocycles. The fourth-order valence-corrected chi connectivity index (χ4v) is 7.27. The van der Waals surface area contributed by atoms with Crippen molar-refractivity contribution in [1.29, 1.82) is 10.5 Å². The van der Waals surface area contributed by atoms with Gasteiger partial charge in [0.2, 0.25) is 0 Å². The lowest BCUT2D eigenvalue weighted by Crippen LogP contribution is -2.52. The molecule has 46 heavy (non-hydrogen) atoms. The van der Waals surface area contributed by atoms with Crippen molar-refractivity contribution in [3.05, 3.63) is 94.7 Å². The number of benzene rings is 3. The van der Waals surface area contributed by atoms with E-state index in [2.05, 4.69) is 4.74 Å². The molecule has 10 nitrogen and oxygen atoms in total. The first-order chi connectivity index (χ1) is 21.2. The van der Waals surface area contributed by atoms with Gasteiger partial charge in [0.15, 0.2) is 9.84 Å². The summed E-state index contributed by atoms with van der Waals surface area (Å²) in [4.78, 5) is 12.7. The van der Waals surface area contributed by atoms with Crippen LogP contribution in [0.4, 0.5) is 36.8 Å². The van der Waals surface area contributed by atoms with E-state index >= 15 is 0 Å². The van der Waals surface area contributed by atoms with Gasteiger partial charge >= 0.3 is 18.6 Å². The second kappa shape index (κ2) is 11.7. The number of para-hydroxylation sites is 1. The Labute approximate surface area is 257 Å². The normalized spacial score (nSPS) is 16.2. The predicted molar refractivity (Wildman–Crippen MR) is 147 cm³/mol. The van der Waals surface area contributed by atoms with Gasteiger partial charge in [-0.05, 0) is 55.0 Å². The van der Waals surface area contributed by atoms with Crippen LogP contribution in [-0.4, -0.2) is 39.8 Å². The highest BCUT2D eigenvalue weighted by atomic mass is 32.2. The molecule has 0 saturated heterocycles. The van der Waals surface area contributed by atoms with Crippen molar-refractivity contribution in [1.82, 2.24) is 4.31 Å². The second-order valence-corrected chi connectivity index (χ2v) is 13.4. The minimum atomic E-state index is -5.59. The second-order valence-electron chi connectivity index (χ2n) is 9.61. The summed E-state index contributed by atoms with van der Waals surface area (Å²) in [6, 6.07) is 8.55. The minimum absolute atomic E-state index is 0.104. The Morgan fingerprint density at radius 3 is 2.07 bits per heavy atom. The summed E-state index contributed by atoms with van der Waals surface area (Å²) in [6.07, 6.45) is -9.67. The average molecular weight is 685 g/mol. The van der Waals surface area contributed by atoms with E-state index in [0.29, 0.717) is 35.4 Å². The van der Waals surface area contributed by atoms with Crippen LogP contribution in [-0.2, 0) is 26.0 Å². The number of alkyl halides is 6. The van der Waals surface area contributed by atoms with E-state index < -0.39 is 88.1 Å². The maximum absolute atomic E-state index is 14.3. The quantitative estimate of drug-likeness (QED) is 0.285. The standard InChI is InChI=1S/C28H18F6N4O6S2/c1-16-21(15-36)25(20-11-10-17(14-35)12-24(20)45(2,40)41)38(26(39)37(16)19-7-5-6-18(13-19)27(29,30)31)46(42,43)23-9-4-3-8-22(23)44-28(32,33)34/h3-13,25H,1-2H3. The van der Waals surface area contributed by atoms with E-state index in [0.717, 1.165) is 49.4 Å². The van der Waals surface area contributed by atoms with Crippen LogP contribution in [0.2, 0.25) is 0 Å². The molecule has 2 amide bonds. The van der Waals surface area contributed by atoms with Gasteiger partial charge in [0.05, 0.1) is 39.4 Å². The van der Waals surface area contributed by atoms with Gasteiger partial charge in [-0.1, -0.05) is 24.3 Å². The molecule has 3 aromatic carbocycles. The van der Waals surface area contributed by atoms with Gasteiger partial charge in [-0.15, -0.1) is 13.2 Å². The summed E-state index contributed by atoms with van der Waals surface area (Å²) in [5.74, 6) is -1.31. The fraction of sp³-hybridized carbons (Fsp3) is 0.179. The Hall–Kier alpha value is -5.07. The topological polar surface area (TPSA) is 149 Å². The first-order valence-electron chi connectivity index (χ1n) is 12.5. The zero-order valence-corrected chi connectivity index (χ0v) is 24.9. The van der Waals surface area contributed by atoms with E-state index in [1.54, 1.807) is 12.1 Å². The molecule has 1 heterocycles. The molecule has 0 radical (unpaired) electrons. The molecule has 1 unspecified atom stereocenters. The molecule has 1 atom stereocenters. The number of halogens is 6. The Kier molecular flexibility index (Phi) is 8.60. The maximum atomic E-state index is 14.3. The van der Waals surface area contributed by atoms with Gasteiger partial charge in [0, 0.05) is 12.0 Å². The van der Waals surface area contributed by atoms with Gasteiger partial charge in [0.25, 0.3) is 10.0 Å². The van der Waals surface area contributed by atoms with E-state index in [4.69, 9.17) is 0 Å². The van der Waals surface area contributed by atoms with E-state index in [-0.39, 0.29) is 9.87 Å². The number of urea groups is 1. The van der Waals surface area contributed by atoms with Crippen LogP contribution in [0.3, 0.4) is 0 Å². The molecule has 0 saturated carbocycles. The highest BCUT2D eigenvalue weighted by Gasteiger charge is 2.49. The number of anilines is 1. The molecule has 0 bridgehead atoms. The van der Waals surface area contributed by atoms with Crippen LogP contribution in [0.1, 0.15) is 29.7 Å². The van der Waals surface area contributed by atoms with Crippen molar-refractivity contribution in [2.24, 2.45) is 0 Å². The molecule has 240 valence electrons. The number of nitrogens with zero attached hydrogens (tertiary/aromatic N) is 4.